The molecule has 1 heterocycles. The van der Waals surface area contributed by atoms with Crippen LogP contribution in [0.25, 0.3) is 0 Å². The molecule has 2 aliphatic rings. The second kappa shape index (κ2) is 3.89. The average molecular weight is 198 g/mol. The number of carbonyl (C=O) groups is 1. The summed E-state index contributed by atoms with van der Waals surface area (Å²) in [7, 11) is 1.48. The summed E-state index contributed by atoms with van der Waals surface area (Å²) in [6.07, 6.45) is 6.15. The molecule has 0 spiro atoms. The fourth-order valence-electron chi connectivity index (χ4n) is 2.70. The van der Waals surface area contributed by atoms with Crippen LogP contribution in [0.15, 0.2) is 0 Å². The van der Waals surface area contributed by atoms with E-state index in [1.165, 1.54) is 39.2 Å². The first-order valence-corrected chi connectivity index (χ1v) is 5.46. The van der Waals surface area contributed by atoms with Crippen molar-refractivity contribution in [2.24, 2.45) is 11.3 Å². The Kier molecular flexibility index (Phi) is 2.77. The highest BCUT2D eigenvalue weighted by atomic mass is 16.5. The minimum absolute atomic E-state index is 0.0596. The van der Waals surface area contributed by atoms with Gasteiger partial charge in [-0.1, -0.05) is 19.3 Å². The molecule has 14 heavy (non-hydrogen) atoms. The summed E-state index contributed by atoms with van der Waals surface area (Å²) >= 11 is 0. The molecule has 0 bridgehead atoms. The van der Waals surface area contributed by atoms with Gasteiger partial charge in [-0.25, -0.2) is 0 Å². The summed E-state index contributed by atoms with van der Waals surface area (Å²) in [4.78, 5) is 11.7. The van der Waals surface area contributed by atoms with Crippen LogP contribution in [-0.4, -0.2) is 26.3 Å². The predicted octanol–water partition coefficient (Wildman–Crippen LogP) is 1.76. The molecule has 0 radical (unpaired) electrons. The third kappa shape index (κ3) is 1.44. The Morgan fingerprint density at radius 3 is 2.36 bits per heavy atom. The standard InChI is InChI=1S/C11H18O3/c1-13-10(12)11(7-14-8-11)9-5-3-2-4-6-9/h9H,2-8H2,1H3. The molecule has 0 N–H and O–H groups in total. The van der Waals surface area contributed by atoms with Crippen molar-refractivity contribution in [1.29, 1.82) is 0 Å². The third-order valence-electron chi connectivity index (χ3n) is 3.70. The molecule has 0 unspecified atom stereocenters. The van der Waals surface area contributed by atoms with Crippen LogP contribution >= 0.6 is 0 Å². The van der Waals surface area contributed by atoms with E-state index >= 15 is 0 Å². The highest BCUT2D eigenvalue weighted by Crippen LogP contribution is 2.44. The quantitative estimate of drug-likeness (QED) is 0.634. The van der Waals surface area contributed by atoms with Crippen LogP contribution in [-0.2, 0) is 14.3 Å². The van der Waals surface area contributed by atoms with Crippen molar-refractivity contribution in [2.75, 3.05) is 20.3 Å². The zero-order valence-corrected chi connectivity index (χ0v) is 8.75. The fraction of sp³-hybridized carbons (Fsp3) is 0.909. The van der Waals surface area contributed by atoms with E-state index in [9.17, 15) is 4.79 Å². The molecule has 3 nitrogen and oxygen atoms in total. The average Bonchev–Trinajstić information content (AvgIpc) is 2.17. The summed E-state index contributed by atoms with van der Waals surface area (Å²) in [5.41, 5.74) is -0.283. The van der Waals surface area contributed by atoms with Gasteiger partial charge in [-0.05, 0) is 18.8 Å². The molecular weight excluding hydrogens is 180 g/mol. The first kappa shape index (κ1) is 9.97. The normalized spacial score (nSPS) is 26.6. The van der Waals surface area contributed by atoms with Crippen LogP contribution in [0.2, 0.25) is 0 Å². The minimum Gasteiger partial charge on any atom is -0.468 e. The zero-order valence-electron chi connectivity index (χ0n) is 8.75. The Morgan fingerprint density at radius 1 is 1.29 bits per heavy atom. The van der Waals surface area contributed by atoms with Gasteiger partial charge in [0.2, 0.25) is 0 Å². The molecule has 2 fully saturated rings. The maximum atomic E-state index is 11.7. The van der Waals surface area contributed by atoms with Crippen molar-refractivity contribution < 1.29 is 14.3 Å². The van der Waals surface area contributed by atoms with Crippen LogP contribution in [0.3, 0.4) is 0 Å². The summed E-state index contributed by atoms with van der Waals surface area (Å²) in [6, 6.07) is 0. The van der Waals surface area contributed by atoms with Crippen molar-refractivity contribution in [3.63, 3.8) is 0 Å². The Bertz CT molecular complexity index is 215. The van der Waals surface area contributed by atoms with Gasteiger partial charge >= 0.3 is 5.97 Å². The Labute approximate surface area is 84.8 Å². The second-order valence-electron chi connectivity index (χ2n) is 4.48. The maximum Gasteiger partial charge on any atom is 0.316 e. The zero-order chi connectivity index (χ0) is 10.0. The van der Waals surface area contributed by atoms with E-state index in [1.807, 2.05) is 0 Å². The molecule has 1 saturated carbocycles. The minimum atomic E-state index is -0.283. The van der Waals surface area contributed by atoms with Gasteiger partial charge < -0.3 is 9.47 Å². The van der Waals surface area contributed by atoms with Gasteiger partial charge in [-0.15, -0.1) is 0 Å². The van der Waals surface area contributed by atoms with E-state index < -0.39 is 0 Å². The number of hydrogen-bond acceptors (Lipinski definition) is 3. The van der Waals surface area contributed by atoms with Crippen molar-refractivity contribution in [1.82, 2.24) is 0 Å². The van der Waals surface area contributed by atoms with E-state index in [0.29, 0.717) is 19.1 Å². The van der Waals surface area contributed by atoms with Crippen molar-refractivity contribution >= 4 is 5.97 Å². The number of rotatable bonds is 2. The van der Waals surface area contributed by atoms with Crippen LogP contribution in [0.4, 0.5) is 0 Å². The lowest BCUT2D eigenvalue weighted by Gasteiger charge is -2.45. The first-order chi connectivity index (χ1) is 6.79. The molecule has 3 heteroatoms. The highest BCUT2D eigenvalue weighted by molar-refractivity contribution is 5.78. The smallest absolute Gasteiger partial charge is 0.316 e. The molecule has 0 amide bonds. The number of ether oxygens (including phenoxy) is 2. The van der Waals surface area contributed by atoms with E-state index in [4.69, 9.17) is 9.47 Å². The van der Waals surface area contributed by atoms with Gasteiger partial charge in [-0.3, -0.25) is 4.79 Å². The SMILES string of the molecule is COC(=O)C1(C2CCCCC2)COC1. The van der Waals surface area contributed by atoms with Crippen LogP contribution in [0.1, 0.15) is 32.1 Å². The molecule has 0 atom stereocenters. The van der Waals surface area contributed by atoms with E-state index in [0.717, 1.165) is 0 Å². The summed E-state index contributed by atoms with van der Waals surface area (Å²) in [6.45, 7) is 1.15. The molecular formula is C11H18O3. The second-order valence-corrected chi connectivity index (χ2v) is 4.48. The molecule has 1 aliphatic heterocycles. The van der Waals surface area contributed by atoms with E-state index in [1.54, 1.807) is 0 Å². The number of methoxy groups -OCH3 is 1. The number of hydrogen-bond donors (Lipinski definition) is 0. The maximum absolute atomic E-state index is 11.7. The number of esters is 1. The van der Waals surface area contributed by atoms with Crippen LogP contribution in [0, 0.1) is 11.3 Å². The Hall–Kier alpha value is -0.570. The number of carbonyl (C=O) groups excluding carboxylic acids is 1. The fourth-order valence-corrected chi connectivity index (χ4v) is 2.70. The third-order valence-corrected chi connectivity index (χ3v) is 3.70. The van der Waals surface area contributed by atoms with E-state index in [-0.39, 0.29) is 11.4 Å². The molecule has 1 aliphatic carbocycles. The van der Waals surface area contributed by atoms with Gasteiger partial charge in [0.1, 0.15) is 5.41 Å². The van der Waals surface area contributed by atoms with Gasteiger partial charge in [0.25, 0.3) is 0 Å². The van der Waals surface area contributed by atoms with E-state index in [2.05, 4.69) is 0 Å². The molecule has 0 aromatic heterocycles. The van der Waals surface area contributed by atoms with Gasteiger partial charge in [0.05, 0.1) is 20.3 Å². The summed E-state index contributed by atoms with van der Waals surface area (Å²) in [5, 5.41) is 0. The van der Waals surface area contributed by atoms with Crippen molar-refractivity contribution in [2.45, 2.75) is 32.1 Å². The Morgan fingerprint density at radius 2 is 1.93 bits per heavy atom. The van der Waals surface area contributed by atoms with Crippen LogP contribution in [0.5, 0.6) is 0 Å². The lowest BCUT2D eigenvalue weighted by molar-refractivity contribution is -0.197. The molecule has 0 aromatic carbocycles. The first-order valence-electron chi connectivity index (χ1n) is 5.46. The largest absolute Gasteiger partial charge is 0.468 e. The lowest BCUT2D eigenvalue weighted by Crippen LogP contribution is -2.55. The predicted molar refractivity (Wildman–Crippen MR) is 51.8 cm³/mol. The van der Waals surface area contributed by atoms with Gasteiger partial charge in [-0.2, -0.15) is 0 Å². The summed E-state index contributed by atoms with van der Waals surface area (Å²) < 4.78 is 10.1. The van der Waals surface area contributed by atoms with Crippen molar-refractivity contribution in [3.8, 4) is 0 Å². The topological polar surface area (TPSA) is 35.5 Å². The highest BCUT2D eigenvalue weighted by Gasteiger charge is 2.52. The van der Waals surface area contributed by atoms with Gasteiger partial charge in [0.15, 0.2) is 0 Å². The van der Waals surface area contributed by atoms with Gasteiger partial charge in [0, 0.05) is 0 Å². The molecule has 2 rings (SSSR count). The monoisotopic (exact) mass is 198 g/mol. The lowest BCUT2D eigenvalue weighted by atomic mass is 9.67. The van der Waals surface area contributed by atoms with Crippen LogP contribution < -0.4 is 0 Å². The van der Waals surface area contributed by atoms with Crippen molar-refractivity contribution in [3.05, 3.63) is 0 Å². The summed E-state index contributed by atoms with van der Waals surface area (Å²) in [5.74, 6) is 0.438. The Balaban J connectivity index is 2.06. The molecule has 80 valence electrons. The molecule has 1 saturated heterocycles. The molecule has 0 aromatic rings.